The van der Waals surface area contributed by atoms with Gasteiger partial charge in [-0.2, -0.15) is 0 Å². The third-order valence-corrected chi connectivity index (χ3v) is 1.02. The Morgan fingerprint density at radius 2 is 1.67 bits per heavy atom. The minimum absolute atomic E-state index is 0. The van der Waals surface area contributed by atoms with E-state index in [9.17, 15) is 4.79 Å². The Bertz CT molecular complexity index is 221. The molecular weight excluding hydrogens is 179 g/mol. The van der Waals surface area contributed by atoms with E-state index < -0.39 is 5.97 Å². The summed E-state index contributed by atoms with van der Waals surface area (Å²) in [6.07, 6.45) is 0. The van der Waals surface area contributed by atoms with E-state index in [0.29, 0.717) is 5.56 Å². The van der Waals surface area contributed by atoms with E-state index in [1.54, 1.807) is 30.3 Å². The molecule has 2 nitrogen and oxygen atoms in total. The van der Waals surface area contributed by atoms with Crippen molar-refractivity contribution in [2.24, 2.45) is 0 Å². The van der Waals surface area contributed by atoms with Crippen molar-refractivity contribution in [1.82, 2.24) is 0 Å². The average Bonchev–Trinajstić information content (AvgIpc) is 2.10. The van der Waals surface area contributed by atoms with Crippen LogP contribution in [-0.2, 0) is 0 Å². The van der Waals surface area contributed by atoms with Crippen LogP contribution in [0.15, 0.2) is 36.9 Å². The summed E-state index contributed by atoms with van der Waals surface area (Å²) >= 11 is 0. The van der Waals surface area contributed by atoms with Crippen molar-refractivity contribution in [3.63, 3.8) is 0 Å². The molecule has 0 aliphatic heterocycles. The maximum Gasteiger partial charge on any atom is 1.00 e. The first-order valence-corrected chi connectivity index (χ1v) is 3.00. The Hall–Kier alpha value is 0.0664. The van der Waals surface area contributed by atoms with E-state index in [1.165, 1.54) is 0 Å². The molecule has 0 fully saturated rings. The largest absolute Gasteiger partial charge is 1.00 e. The second-order valence-electron chi connectivity index (χ2n) is 1.67. The molecule has 0 aromatic heterocycles. The number of hydrogen-bond donors (Lipinski definition) is 1. The molecule has 0 bridgehead atoms. The van der Waals surface area contributed by atoms with Crippen LogP contribution in [0.3, 0.4) is 0 Å². The molecule has 0 saturated carbocycles. The topological polar surface area (TPSA) is 37.3 Å². The van der Waals surface area contributed by atoms with Gasteiger partial charge in [0.25, 0.3) is 0 Å². The standard InChI is InChI=1S/C7H6O2.C2H3.K/c8-7(9)6-4-2-1-3-5-6;1-2;/h1-5H,(H,8,9);1H,2H2;/q;-1;+1. The minimum Gasteiger partial charge on any atom is -0.521 e. The Kier molecular flexibility index (Phi) is 11.1. The van der Waals surface area contributed by atoms with E-state index in [4.69, 9.17) is 5.11 Å². The molecule has 1 rings (SSSR count). The fraction of sp³-hybridized carbons (Fsp3) is 0. The van der Waals surface area contributed by atoms with Crippen molar-refractivity contribution in [3.8, 4) is 0 Å². The van der Waals surface area contributed by atoms with Gasteiger partial charge in [0.2, 0.25) is 0 Å². The number of carbonyl (C=O) groups is 1. The molecule has 0 saturated heterocycles. The fourth-order valence-electron chi connectivity index (χ4n) is 0.581. The van der Waals surface area contributed by atoms with Crippen LogP contribution in [0, 0.1) is 6.58 Å². The van der Waals surface area contributed by atoms with Gasteiger partial charge in [0.1, 0.15) is 0 Å². The maximum absolute atomic E-state index is 10.2. The number of carboxylic acids is 1. The third kappa shape index (κ3) is 5.68. The molecule has 1 aromatic rings. The molecule has 0 aliphatic rings. The molecule has 0 unspecified atom stereocenters. The normalized spacial score (nSPS) is 7.00. The molecule has 0 radical (unpaired) electrons. The quantitative estimate of drug-likeness (QED) is 0.453. The molecular formula is C9H9KO2. The van der Waals surface area contributed by atoms with Gasteiger partial charge in [-0.15, -0.1) is 0 Å². The van der Waals surface area contributed by atoms with Crippen LogP contribution in [-0.4, -0.2) is 11.1 Å². The summed E-state index contributed by atoms with van der Waals surface area (Å²) in [5, 5.41) is 8.38. The molecule has 0 atom stereocenters. The minimum atomic E-state index is -0.879. The first-order chi connectivity index (χ1) is 5.30. The van der Waals surface area contributed by atoms with Crippen molar-refractivity contribution in [2.45, 2.75) is 0 Å². The average molecular weight is 188 g/mol. The van der Waals surface area contributed by atoms with Crippen LogP contribution in [0.2, 0.25) is 0 Å². The summed E-state index contributed by atoms with van der Waals surface area (Å²) in [5.41, 5.74) is 0.331. The van der Waals surface area contributed by atoms with Gasteiger partial charge in [-0.05, 0) is 12.1 Å². The van der Waals surface area contributed by atoms with Gasteiger partial charge in [-0.25, -0.2) is 4.79 Å². The van der Waals surface area contributed by atoms with Crippen molar-refractivity contribution < 1.29 is 61.3 Å². The van der Waals surface area contributed by atoms with Gasteiger partial charge >= 0.3 is 57.4 Å². The van der Waals surface area contributed by atoms with Gasteiger partial charge < -0.3 is 11.7 Å². The zero-order valence-corrected chi connectivity index (χ0v) is 10.1. The summed E-state index contributed by atoms with van der Waals surface area (Å²) in [6, 6.07) is 8.30. The van der Waals surface area contributed by atoms with Gasteiger partial charge in [0, 0.05) is 0 Å². The number of aromatic carboxylic acids is 1. The van der Waals surface area contributed by atoms with Crippen LogP contribution in [0.25, 0.3) is 0 Å². The molecule has 0 spiro atoms. The predicted molar refractivity (Wildman–Crippen MR) is 43.3 cm³/mol. The van der Waals surface area contributed by atoms with Gasteiger partial charge in [0.15, 0.2) is 0 Å². The van der Waals surface area contributed by atoms with Crippen molar-refractivity contribution >= 4 is 5.97 Å². The molecule has 58 valence electrons. The first-order valence-electron chi connectivity index (χ1n) is 3.00. The van der Waals surface area contributed by atoms with Crippen LogP contribution in [0.4, 0.5) is 0 Å². The summed E-state index contributed by atoms with van der Waals surface area (Å²) in [4.78, 5) is 10.2. The zero-order valence-electron chi connectivity index (χ0n) is 7.03. The predicted octanol–water partition coefficient (Wildman–Crippen LogP) is -1.01. The Labute approximate surface area is 115 Å². The monoisotopic (exact) mass is 188 g/mol. The van der Waals surface area contributed by atoms with Crippen molar-refractivity contribution in [3.05, 3.63) is 49.1 Å². The van der Waals surface area contributed by atoms with Crippen molar-refractivity contribution in [1.29, 1.82) is 0 Å². The zero-order chi connectivity index (χ0) is 8.69. The van der Waals surface area contributed by atoms with Crippen LogP contribution >= 0.6 is 0 Å². The summed E-state index contributed by atoms with van der Waals surface area (Å²) in [6.45, 7) is 7.00. The Morgan fingerprint density at radius 3 is 1.92 bits per heavy atom. The molecule has 1 N–H and O–H groups in total. The molecule has 3 heteroatoms. The van der Waals surface area contributed by atoms with E-state index in [-0.39, 0.29) is 51.4 Å². The SMILES string of the molecule is O=C(O)c1ccccc1.[CH-]=C.[K+]. The van der Waals surface area contributed by atoms with Crippen molar-refractivity contribution in [2.75, 3.05) is 0 Å². The molecule has 1 aromatic carbocycles. The van der Waals surface area contributed by atoms with Crippen LogP contribution < -0.4 is 51.4 Å². The second kappa shape index (κ2) is 9.16. The fourth-order valence-corrected chi connectivity index (χ4v) is 0.581. The van der Waals surface area contributed by atoms with Gasteiger partial charge in [-0.1, -0.05) is 18.2 Å². The number of benzene rings is 1. The van der Waals surface area contributed by atoms with Crippen LogP contribution in [0.5, 0.6) is 0 Å². The van der Waals surface area contributed by atoms with Crippen LogP contribution in [0.1, 0.15) is 10.4 Å². The third-order valence-electron chi connectivity index (χ3n) is 1.02. The molecule has 0 amide bonds. The summed E-state index contributed by atoms with van der Waals surface area (Å²) in [5.74, 6) is -0.879. The second-order valence-corrected chi connectivity index (χ2v) is 1.67. The van der Waals surface area contributed by atoms with Gasteiger partial charge in [-0.3, -0.25) is 6.58 Å². The summed E-state index contributed by atoms with van der Waals surface area (Å²) < 4.78 is 0. The van der Waals surface area contributed by atoms with E-state index in [1.807, 2.05) is 0 Å². The maximum atomic E-state index is 10.2. The number of rotatable bonds is 1. The smallest absolute Gasteiger partial charge is 0.521 e. The molecule has 0 aliphatic carbocycles. The number of hydrogen-bond acceptors (Lipinski definition) is 1. The number of carboxylic acid groups (broad SMARTS) is 1. The molecule has 12 heavy (non-hydrogen) atoms. The summed E-state index contributed by atoms with van der Waals surface area (Å²) in [7, 11) is 0. The van der Waals surface area contributed by atoms with Gasteiger partial charge in [0.05, 0.1) is 5.56 Å². The van der Waals surface area contributed by atoms with E-state index >= 15 is 0 Å². The Morgan fingerprint density at radius 1 is 1.25 bits per heavy atom. The van der Waals surface area contributed by atoms with E-state index in [0.717, 1.165) is 0 Å². The molecule has 0 heterocycles. The first kappa shape index (κ1) is 14.6. The van der Waals surface area contributed by atoms with E-state index in [2.05, 4.69) is 13.2 Å². The Balaban J connectivity index is 0.